The minimum atomic E-state index is -0.839. The van der Waals surface area contributed by atoms with Gasteiger partial charge in [0.15, 0.2) is 5.16 Å². The normalized spacial score (nSPS) is 10.6. The standard InChI is InChI=1S/C10H11N3O2S2/c1-7-12-8(5-16-7)4-13-3-2-11-10(13)17-6-9(14)15/h2-3,5H,4,6H2,1H3,(H,14,15). The number of carboxylic acid groups (broad SMARTS) is 1. The number of thioether (sulfide) groups is 1. The Hall–Kier alpha value is -1.34. The SMILES string of the molecule is Cc1nc(Cn2ccnc2SCC(=O)O)cs1. The van der Waals surface area contributed by atoms with Crippen LogP contribution in [0.4, 0.5) is 0 Å². The minimum absolute atomic E-state index is 0.0209. The number of hydrogen-bond donors (Lipinski definition) is 1. The third-order valence-corrected chi connectivity index (χ3v) is 3.81. The topological polar surface area (TPSA) is 68.0 Å². The fraction of sp³-hybridized carbons (Fsp3) is 0.300. The van der Waals surface area contributed by atoms with E-state index in [0.717, 1.165) is 10.7 Å². The number of nitrogens with zero attached hydrogens (tertiary/aromatic N) is 3. The molecule has 0 aliphatic carbocycles. The molecule has 0 aliphatic heterocycles. The summed E-state index contributed by atoms with van der Waals surface area (Å²) in [5.41, 5.74) is 0.975. The molecule has 2 heterocycles. The van der Waals surface area contributed by atoms with Crippen molar-refractivity contribution in [3.05, 3.63) is 28.5 Å². The highest BCUT2D eigenvalue weighted by Gasteiger charge is 2.08. The lowest BCUT2D eigenvalue weighted by Gasteiger charge is -2.03. The molecule has 0 fully saturated rings. The van der Waals surface area contributed by atoms with Gasteiger partial charge in [-0.05, 0) is 6.92 Å². The molecule has 0 unspecified atom stereocenters. The minimum Gasteiger partial charge on any atom is -0.481 e. The maximum Gasteiger partial charge on any atom is 0.313 e. The lowest BCUT2D eigenvalue weighted by Crippen LogP contribution is -2.04. The summed E-state index contributed by atoms with van der Waals surface area (Å²) in [7, 11) is 0. The van der Waals surface area contributed by atoms with Gasteiger partial charge in [-0.25, -0.2) is 9.97 Å². The number of aromatic nitrogens is 3. The summed E-state index contributed by atoms with van der Waals surface area (Å²) >= 11 is 2.82. The van der Waals surface area contributed by atoms with Gasteiger partial charge in [-0.1, -0.05) is 11.8 Å². The molecule has 0 saturated carbocycles. The van der Waals surface area contributed by atoms with Crippen LogP contribution in [0.5, 0.6) is 0 Å². The zero-order valence-corrected chi connectivity index (χ0v) is 10.8. The van der Waals surface area contributed by atoms with E-state index >= 15 is 0 Å². The second kappa shape index (κ2) is 5.33. The molecule has 2 rings (SSSR count). The molecule has 0 aliphatic rings. The van der Waals surface area contributed by atoms with Crippen LogP contribution in [-0.4, -0.2) is 31.4 Å². The lowest BCUT2D eigenvalue weighted by atomic mass is 10.5. The molecule has 7 heteroatoms. The molecule has 0 radical (unpaired) electrons. The molecule has 90 valence electrons. The Labute approximate surface area is 107 Å². The average Bonchev–Trinajstić information content (AvgIpc) is 2.86. The zero-order valence-electron chi connectivity index (χ0n) is 9.16. The summed E-state index contributed by atoms with van der Waals surface area (Å²) in [6, 6.07) is 0. The fourth-order valence-electron chi connectivity index (χ4n) is 1.34. The van der Waals surface area contributed by atoms with E-state index in [1.807, 2.05) is 23.1 Å². The van der Waals surface area contributed by atoms with Crippen LogP contribution in [0.25, 0.3) is 0 Å². The van der Waals surface area contributed by atoms with E-state index in [-0.39, 0.29) is 5.75 Å². The Kier molecular flexibility index (Phi) is 3.80. The molecule has 17 heavy (non-hydrogen) atoms. The van der Waals surface area contributed by atoms with Crippen LogP contribution in [0.2, 0.25) is 0 Å². The number of carboxylic acids is 1. The summed E-state index contributed by atoms with van der Waals surface area (Å²) in [5, 5.41) is 12.4. The van der Waals surface area contributed by atoms with Crippen LogP contribution in [0.1, 0.15) is 10.7 Å². The van der Waals surface area contributed by atoms with Crippen LogP contribution in [0.3, 0.4) is 0 Å². The van der Waals surface area contributed by atoms with Crippen LogP contribution < -0.4 is 0 Å². The van der Waals surface area contributed by atoms with Crippen molar-refractivity contribution in [2.75, 3.05) is 5.75 Å². The van der Waals surface area contributed by atoms with Gasteiger partial charge < -0.3 is 9.67 Å². The van der Waals surface area contributed by atoms with Gasteiger partial charge in [0.1, 0.15) is 0 Å². The van der Waals surface area contributed by atoms with Gasteiger partial charge in [-0.3, -0.25) is 4.79 Å². The van der Waals surface area contributed by atoms with Crippen molar-refractivity contribution in [3.63, 3.8) is 0 Å². The molecule has 2 aromatic heterocycles. The van der Waals surface area contributed by atoms with Crippen molar-refractivity contribution in [1.82, 2.24) is 14.5 Å². The van der Waals surface area contributed by atoms with E-state index in [9.17, 15) is 4.79 Å². The Morgan fingerprint density at radius 3 is 3.12 bits per heavy atom. The van der Waals surface area contributed by atoms with Crippen LogP contribution in [0.15, 0.2) is 22.9 Å². The molecule has 1 N–H and O–H groups in total. The number of imidazole rings is 1. The largest absolute Gasteiger partial charge is 0.481 e. The van der Waals surface area contributed by atoms with E-state index < -0.39 is 5.97 Å². The third kappa shape index (κ3) is 3.31. The predicted molar refractivity (Wildman–Crippen MR) is 66.5 cm³/mol. The molecular formula is C10H11N3O2S2. The fourth-order valence-corrected chi connectivity index (χ4v) is 2.62. The number of rotatable bonds is 5. The van der Waals surface area contributed by atoms with E-state index in [1.54, 1.807) is 17.5 Å². The van der Waals surface area contributed by atoms with Gasteiger partial charge in [-0.2, -0.15) is 0 Å². The maximum absolute atomic E-state index is 10.5. The molecular weight excluding hydrogens is 258 g/mol. The van der Waals surface area contributed by atoms with Crippen LogP contribution in [-0.2, 0) is 11.3 Å². The summed E-state index contributed by atoms with van der Waals surface area (Å²) in [5.74, 6) is -0.818. The van der Waals surface area contributed by atoms with E-state index in [4.69, 9.17) is 5.11 Å². The number of aryl methyl sites for hydroxylation is 1. The number of aliphatic carboxylic acids is 1. The number of hydrogen-bond acceptors (Lipinski definition) is 5. The van der Waals surface area contributed by atoms with E-state index in [2.05, 4.69) is 9.97 Å². The van der Waals surface area contributed by atoms with Gasteiger partial charge in [0.25, 0.3) is 0 Å². The first kappa shape index (κ1) is 12.1. The average molecular weight is 269 g/mol. The summed E-state index contributed by atoms with van der Waals surface area (Å²) < 4.78 is 1.90. The van der Waals surface area contributed by atoms with Crippen LogP contribution in [0, 0.1) is 6.92 Å². The second-order valence-corrected chi connectivity index (χ2v) is 5.38. The molecule has 5 nitrogen and oxygen atoms in total. The highest BCUT2D eigenvalue weighted by atomic mass is 32.2. The summed E-state index contributed by atoms with van der Waals surface area (Å²) in [6.07, 6.45) is 3.50. The van der Waals surface area contributed by atoms with Gasteiger partial charge >= 0.3 is 5.97 Å². The number of carbonyl (C=O) groups is 1. The van der Waals surface area contributed by atoms with Crippen LogP contribution >= 0.6 is 23.1 Å². The molecule has 0 spiro atoms. The first-order valence-electron chi connectivity index (χ1n) is 4.92. The Bertz CT molecular complexity index is 521. The number of thiazole rings is 1. The smallest absolute Gasteiger partial charge is 0.313 e. The highest BCUT2D eigenvalue weighted by molar-refractivity contribution is 7.99. The molecule has 2 aromatic rings. The van der Waals surface area contributed by atoms with Gasteiger partial charge in [-0.15, -0.1) is 11.3 Å². The van der Waals surface area contributed by atoms with E-state index in [1.165, 1.54) is 11.8 Å². The Morgan fingerprint density at radius 1 is 1.65 bits per heavy atom. The van der Waals surface area contributed by atoms with Gasteiger partial charge in [0.05, 0.1) is 23.0 Å². The monoisotopic (exact) mass is 269 g/mol. The van der Waals surface area contributed by atoms with E-state index in [0.29, 0.717) is 11.7 Å². The second-order valence-electron chi connectivity index (χ2n) is 3.38. The molecule has 0 saturated heterocycles. The first-order valence-corrected chi connectivity index (χ1v) is 6.78. The van der Waals surface area contributed by atoms with Crippen molar-refractivity contribution in [1.29, 1.82) is 0 Å². The summed E-state index contributed by atoms with van der Waals surface area (Å²) in [4.78, 5) is 19.0. The Balaban J connectivity index is 2.06. The maximum atomic E-state index is 10.5. The van der Waals surface area contributed by atoms with Gasteiger partial charge in [0, 0.05) is 17.8 Å². The third-order valence-electron chi connectivity index (χ3n) is 2.00. The van der Waals surface area contributed by atoms with Crippen molar-refractivity contribution >= 4 is 29.1 Å². The van der Waals surface area contributed by atoms with Gasteiger partial charge in [0.2, 0.25) is 0 Å². The Morgan fingerprint density at radius 2 is 2.47 bits per heavy atom. The van der Waals surface area contributed by atoms with Crippen molar-refractivity contribution in [2.45, 2.75) is 18.6 Å². The predicted octanol–water partition coefficient (Wildman–Crippen LogP) is 1.87. The first-order chi connectivity index (χ1) is 8.15. The summed E-state index contributed by atoms with van der Waals surface area (Å²) in [6.45, 7) is 2.59. The van der Waals surface area contributed by atoms with Crippen molar-refractivity contribution in [2.24, 2.45) is 0 Å². The zero-order chi connectivity index (χ0) is 12.3. The molecule has 0 atom stereocenters. The molecule has 0 aromatic carbocycles. The lowest BCUT2D eigenvalue weighted by molar-refractivity contribution is -0.133. The quantitative estimate of drug-likeness (QED) is 0.839. The molecule has 0 amide bonds. The highest BCUT2D eigenvalue weighted by Crippen LogP contribution is 2.17. The van der Waals surface area contributed by atoms with Crippen molar-refractivity contribution < 1.29 is 9.90 Å². The molecule has 0 bridgehead atoms. The van der Waals surface area contributed by atoms with Crippen molar-refractivity contribution in [3.8, 4) is 0 Å².